The predicted octanol–water partition coefficient (Wildman–Crippen LogP) is 2.19. The molecular formula is C12H16F2N2S2. The molecule has 1 aliphatic rings. The standard InChI is InChI=1S/C12H16F2N2S2/c13-9-3-8(4-10(14)6-9)5-11(16-15)12-7-17-1-2-18-12/h3-4,6,11-12,16H,1-2,5,7,15H2. The van der Waals surface area contributed by atoms with Gasteiger partial charge in [-0.05, 0) is 24.1 Å². The summed E-state index contributed by atoms with van der Waals surface area (Å²) in [7, 11) is 0. The van der Waals surface area contributed by atoms with Gasteiger partial charge in [0.25, 0.3) is 0 Å². The monoisotopic (exact) mass is 290 g/mol. The summed E-state index contributed by atoms with van der Waals surface area (Å²) in [5, 5.41) is 0.389. The Morgan fingerprint density at radius 2 is 2.00 bits per heavy atom. The number of hydrogen-bond acceptors (Lipinski definition) is 4. The predicted molar refractivity (Wildman–Crippen MR) is 74.7 cm³/mol. The normalized spacial score (nSPS) is 21.8. The average Bonchev–Trinajstić information content (AvgIpc) is 2.36. The van der Waals surface area contributed by atoms with Gasteiger partial charge in [-0.2, -0.15) is 23.5 Å². The molecule has 100 valence electrons. The SMILES string of the molecule is NNC(Cc1cc(F)cc(F)c1)C1CSCCS1. The van der Waals surface area contributed by atoms with Crippen molar-refractivity contribution in [1.82, 2.24) is 5.43 Å². The van der Waals surface area contributed by atoms with Gasteiger partial charge in [0.1, 0.15) is 11.6 Å². The Bertz CT molecular complexity index is 377. The van der Waals surface area contributed by atoms with Crippen molar-refractivity contribution in [2.75, 3.05) is 17.3 Å². The van der Waals surface area contributed by atoms with E-state index in [-0.39, 0.29) is 6.04 Å². The third-order valence-corrected chi connectivity index (χ3v) is 5.80. The Kier molecular flexibility index (Phi) is 5.29. The number of hydrogen-bond donors (Lipinski definition) is 2. The van der Waals surface area contributed by atoms with Crippen LogP contribution in [0.3, 0.4) is 0 Å². The minimum absolute atomic E-state index is 0.0454. The lowest BCUT2D eigenvalue weighted by atomic mass is 10.0. The fourth-order valence-electron chi connectivity index (χ4n) is 2.02. The van der Waals surface area contributed by atoms with E-state index in [1.807, 2.05) is 23.5 Å². The van der Waals surface area contributed by atoms with Crippen LogP contribution < -0.4 is 11.3 Å². The molecule has 1 aromatic rings. The Balaban J connectivity index is 2.04. The molecule has 0 bridgehead atoms. The van der Waals surface area contributed by atoms with Crippen molar-refractivity contribution >= 4 is 23.5 Å². The van der Waals surface area contributed by atoms with E-state index in [9.17, 15) is 8.78 Å². The Hall–Kier alpha value is -0.300. The van der Waals surface area contributed by atoms with Crippen LogP contribution in [0.25, 0.3) is 0 Å². The van der Waals surface area contributed by atoms with Gasteiger partial charge in [-0.3, -0.25) is 11.3 Å². The van der Waals surface area contributed by atoms with E-state index in [0.717, 1.165) is 23.3 Å². The number of hydrazine groups is 1. The van der Waals surface area contributed by atoms with E-state index < -0.39 is 11.6 Å². The maximum absolute atomic E-state index is 13.1. The van der Waals surface area contributed by atoms with Crippen molar-refractivity contribution in [3.8, 4) is 0 Å². The minimum Gasteiger partial charge on any atom is -0.271 e. The summed E-state index contributed by atoms with van der Waals surface area (Å²) in [5.41, 5.74) is 3.43. The quantitative estimate of drug-likeness (QED) is 0.658. The van der Waals surface area contributed by atoms with Crippen molar-refractivity contribution in [2.24, 2.45) is 5.84 Å². The summed E-state index contributed by atoms with van der Waals surface area (Å²) < 4.78 is 26.2. The molecule has 2 rings (SSSR count). The number of thioether (sulfide) groups is 2. The molecule has 0 amide bonds. The maximum atomic E-state index is 13.1. The fourth-order valence-corrected chi connectivity index (χ4v) is 4.89. The fraction of sp³-hybridized carbons (Fsp3) is 0.500. The molecule has 0 spiro atoms. The first-order valence-corrected chi connectivity index (χ1v) is 8.00. The van der Waals surface area contributed by atoms with Crippen LogP contribution in [0.1, 0.15) is 5.56 Å². The van der Waals surface area contributed by atoms with Crippen LogP contribution >= 0.6 is 23.5 Å². The Morgan fingerprint density at radius 3 is 2.56 bits per heavy atom. The summed E-state index contributed by atoms with van der Waals surface area (Å²) in [5.74, 6) is 7.78. The third-order valence-electron chi connectivity index (χ3n) is 2.88. The van der Waals surface area contributed by atoms with Crippen LogP contribution in [0.5, 0.6) is 0 Å². The Morgan fingerprint density at radius 1 is 1.28 bits per heavy atom. The summed E-state index contributed by atoms with van der Waals surface area (Å²) >= 11 is 3.77. The molecule has 1 fully saturated rings. The van der Waals surface area contributed by atoms with E-state index >= 15 is 0 Å². The molecule has 3 N–H and O–H groups in total. The van der Waals surface area contributed by atoms with Gasteiger partial charge in [-0.25, -0.2) is 8.78 Å². The van der Waals surface area contributed by atoms with Gasteiger partial charge in [-0.15, -0.1) is 0 Å². The minimum atomic E-state index is -0.536. The Labute approximate surface area is 114 Å². The van der Waals surface area contributed by atoms with Crippen LogP contribution in [0.15, 0.2) is 18.2 Å². The first-order chi connectivity index (χ1) is 8.69. The second-order valence-electron chi connectivity index (χ2n) is 4.24. The zero-order chi connectivity index (χ0) is 13.0. The van der Waals surface area contributed by atoms with Gasteiger partial charge < -0.3 is 0 Å². The molecule has 2 nitrogen and oxygen atoms in total. The number of benzene rings is 1. The molecule has 1 aliphatic heterocycles. The molecule has 1 saturated heterocycles. The van der Waals surface area contributed by atoms with Crippen molar-refractivity contribution in [3.63, 3.8) is 0 Å². The lowest BCUT2D eigenvalue weighted by Crippen LogP contribution is -2.46. The van der Waals surface area contributed by atoms with Gasteiger partial charge in [0.05, 0.1) is 0 Å². The summed E-state index contributed by atoms with van der Waals surface area (Å²) in [4.78, 5) is 0. The molecule has 2 unspecified atom stereocenters. The zero-order valence-corrected chi connectivity index (χ0v) is 11.5. The van der Waals surface area contributed by atoms with Crippen molar-refractivity contribution in [2.45, 2.75) is 17.7 Å². The topological polar surface area (TPSA) is 38.0 Å². The highest BCUT2D eigenvalue weighted by atomic mass is 32.2. The molecule has 2 atom stereocenters. The van der Waals surface area contributed by atoms with Crippen molar-refractivity contribution in [1.29, 1.82) is 0 Å². The van der Waals surface area contributed by atoms with E-state index in [4.69, 9.17) is 5.84 Å². The smallest absolute Gasteiger partial charge is 0.126 e. The number of rotatable bonds is 4. The van der Waals surface area contributed by atoms with E-state index in [2.05, 4.69) is 5.43 Å². The zero-order valence-electron chi connectivity index (χ0n) is 9.86. The van der Waals surface area contributed by atoms with Crippen LogP contribution in [-0.2, 0) is 6.42 Å². The van der Waals surface area contributed by atoms with Gasteiger partial charge >= 0.3 is 0 Å². The van der Waals surface area contributed by atoms with Crippen LogP contribution in [0.2, 0.25) is 0 Å². The van der Waals surface area contributed by atoms with Crippen molar-refractivity contribution in [3.05, 3.63) is 35.4 Å². The second kappa shape index (κ2) is 6.75. The molecular weight excluding hydrogens is 274 g/mol. The molecule has 0 aliphatic carbocycles. The van der Waals surface area contributed by atoms with Gasteiger partial charge in [-0.1, -0.05) is 0 Å². The highest BCUT2D eigenvalue weighted by Gasteiger charge is 2.24. The summed E-state index contributed by atoms with van der Waals surface area (Å²) in [6.45, 7) is 0. The lowest BCUT2D eigenvalue weighted by molar-refractivity contribution is 0.517. The van der Waals surface area contributed by atoms with Crippen LogP contribution in [-0.4, -0.2) is 28.6 Å². The number of nitrogens with two attached hydrogens (primary N) is 1. The molecule has 0 aromatic heterocycles. The molecule has 6 heteroatoms. The first-order valence-electron chi connectivity index (χ1n) is 5.79. The molecule has 0 radical (unpaired) electrons. The van der Waals surface area contributed by atoms with Crippen molar-refractivity contribution < 1.29 is 8.78 Å². The highest BCUT2D eigenvalue weighted by molar-refractivity contribution is 8.06. The molecule has 0 saturated carbocycles. The lowest BCUT2D eigenvalue weighted by Gasteiger charge is -2.29. The van der Waals surface area contributed by atoms with Gasteiger partial charge in [0.15, 0.2) is 0 Å². The van der Waals surface area contributed by atoms with E-state index in [1.165, 1.54) is 12.1 Å². The third kappa shape index (κ3) is 3.85. The molecule has 18 heavy (non-hydrogen) atoms. The number of halogens is 2. The maximum Gasteiger partial charge on any atom is 0.126 e. The number of nitrogens with one attached hydrogen (secondary N) is 1. The van der Waals surface area contributed by atoms with E-state index in [1.54, 1.807) is 0 Å². The molecule has 1 heterocycles. The molecule has 1 aromatic carbocycles. The van der Waals surface area contributed by atoms with Crippen LogP contribution in [0.4, 0.5) is 8.78 Å². The second-order valence-corrected chi connectivity index (χ2v) is 6.74. The summed E-state index contributed by atoms with van der Waals surface area (Å²) in [6, 6.07) is 3.67. The highest BCUT2D eigenvalue weighted by Crippen LogP contribution is 2.27. The summed E-state index contributed by atoms with van der Waals surface area (Å²) in [6.07, 6.45) is 0.545. The van der Waals surface area contributed by atoms with E-state index in [0.29, 0.717) is 17.2 Å². The van der Waals surface area contributed by atoms with Gasteiger partial charge in [0, 0.05) is 34.6 Å². The average molecular weight is 290 g/mol. The first kappa shape index (κ1) is 14.1. The van der Waals surface area contributed by atoms with Crippen LogP contribution in [0, 0.1) is 11.6 Å². The largest absolute Gasteiger partial charge is 0.271 e. The van der Waals surface area contributed by atoms with Gasteiger partial charge in [0.2, 0.25) is 0 Å².